The summed E-state index contributed by atoms with van der Waals surface area (Å²) < 4.78 is 5.38. The standard InChI is InChI=1S/C17H18N4OS.ClH/c18-17(8-4-5-9-17)16-20-14(22-21-16)10-13-11-23-15(19-13)12-6-2-1-3-7-12;/h1-3,6-7,11H,4-5,8-10,18H2;1H. The molecule has 2 aromatic heterocycles. The normalized spacial score (nSPS) is 16.0. The quantitative estimate of drug-likeness (QED) is 0.760. The topological polar surface area (TPSA) is 77.8 Å². The summed E-state index contributed by atoms with van der Waals surface area (Å²) in [6.45, 7) is 0. The zero-order valence-electron chi connectivity index (χ0n) is 13.1. The van der Waals surface area contributed by atoms with Crippen molar-refractivity contribution in [2.24, 2.45) is 5.73 Å². The van der Waals surface area contributed by atoms with E-state index in [4.69, 9.17) is 10.3 Å². The predicted molar refractivity (Wildman–Crippen MR) is 96.2 cm³/mol. The molecule has 1 aromatic carbocycles. The van der Waals surface area contributed by atoms with Crippen LogP contribution < -0.4 is 5.73 Å². The number of nitrogens with zero attached hydrogens (tertiary/aromatic N) is 3. The molecule has 126 valence electrons. The van der Waals surface area contributed by atoms with Crippen LogP contribution in [0.15, 0.2) is 40.2 Å². The lowest BCUT2D eigenvalue weighted by molar-refractivity contribution is 0.352. The Bertz CT molecular complexity index is 796. The van der Waals surface area contributed by atoms with Gasteiger partial charge in [0, 0.05) is 10.9 Å². The third kappa shape index (κ3) is 3.36. The van der Waals surface area contributed by atoms with E-state index in [1.807, 2.05) is 23.6 Å². The summed E-state index contributed by atoms with van der Waals surface area (Å²) in [7, 11) is 0. The van der Waals surface area contributed by atoms with Crippen LogP contribution in [0.1, 0.15) is 43.1 Å². The summed E-state index contributed by atoms with van der Waals surface area (Å²) in [5.74, 6) is 1.23. The molecule has 0 saturated heterocycles. The van der Waals surface area contributed by atoms with Gasteiger partial charge in [-0.3, -0.25) is 0 Å². The number of aromatic nitrogens is 3. The number of rotatable bonds is 4. The van der Waals surface area contributed by atoms with Gasteiger partial charge in [-0.1, -0.05) is 48.3 Å². The molecule has 0 radical (unpaired) electrons. The lowest BCUT2D eigenvalue weighted by atomic mass is 9.99. The highest BCUT2D eigenvalue weighted by Crippen LogP contribution is 2.34. The van der Waals surface area contributed by atoms with E-state index in [2.05, 4.69) is 27.3 Å². The Labute approximate surface area is 150 Å². The molecule has 0 spiro atoms. The van der Waals surface area contributed by atoms with Crippen LogP contribution >= 0.6 is 23.7 Å². The molecule has 1 aliphatic carbocycles. The van der Waals surface area contributed by atoms with Crippen molar-refractivity contribution in [3.8, 4) is 10.6 Å². The molecule has 24 heavy (non-hydrogen) atoms. The minimum atomic E-state index is -0.404. The Kier molecular flexibility index (Phi) is 4.99. The monoisotopic (exact) mass is 362 g/mol. The number of halogens is 1. The molecule has 0 atom stereocenters. The largest absolute Gasteiger partial charge is 0.339 e. The van der Waals surface area contributed by atoms with Crippen molar-refractivity contribution in [1.82, 2.24) is 15.1 Å². The van der Waals surface area contributed by atoms with Gasteiger partial charge in [-0.25, -0.2) is 4.98 Å². The Morgan fingerprint density at radius 1 is 1.12 bits per heavy atom. The maximum Gasteiger partial charge on any atom is 0.232 e. The van der Waals surface area contributed by atoms with Gasteiger partial charge >= 0.3 is 0 Å². The molecular formula is C17H19ClN4OS. The van der Waals surface area contributed by atoms with Crippen molar-refractivity contribution in [3.05, 3.63) is 53.1 Å². The molecule has 5 nitrogen and oxygen atoms in total. The van der Waals surface area contributed by atoms with Crippen molar-refractivity contribution in [1.29, 1.82) is 0 Å². The Balaban J connectivity index is 0.00000169. The highest BCUT2D eigenvalue weighted by atomic mass is 35.5. The molecular weight excluding hydrogens is 344 g/mol. The number of benzene rings is 1. The predicted octanol–water partition coefficient (Wildman–Crippen LogP) is 3.93. The molecule has 0 unspecified atom stereocenters. The third-order valence-corrected chi connectivity index (χ3v) is 5.25. The smallest absolute Gasteiger partial charge is 0.232 e. The van der Waals surface area contributed by atoms with Crippen LogP contribution in [0, 0.1) is 0 Å². The van der Waals surface area contributed by atoms with Gasteiger partial charge in [0.25, 0.3) is 0 Å². The molecule has 0 aliphatic heterocycles. The number of hydrogen-bond donors (Lipinski definition) is 1. The Morgan fingerprint density at radius 2 is 1.88 bits per heavy atom. The summed E-state index contributed by atoms with van der Waals surface area (Å²) in [6, 6.07) is 10.2. The van der Waals surface area contributed by atoms with Crippen molar-refractivity contribution in [2.45, 2.75) is 37.6 Å². The van der Waals surface area contributed by atoms with E-state index in [0.29, 0.717) is 18.1 Å². The van der Waals surface area contributed by atoms with Gasteiger partial charge in [-0.15, -0.1) is 23.7 Å². The van der Waals surface area contributed by atoms with Gasteiger partial charge in [-0.05, 0) is 12.8 Å². The second-order valence-electron chi connectivity index (χ2n) is 6.06. The molecule has 2 N–H and O–H groups in total. The van der Waals surface area contributed by atoms with Crippen molar-refractivity contribution < 1.29 is 4.52 Å². The minimum Gasteiger partial charge on any atom is -0.339 e. The van der Waals surface area contributed by atoms with Crippen molar-refractivity contribution in [3.63, 3.8) is 0 Å². The molecule has 4 rings (SSSR count). The second-order valence-corrected chi connectivity index (χ2v) is 6.92. The lowest BCUT2D eigenvalue weighted by Crippen LogP contribution is -2.34. The van der Waals surface area contributed by atoms with Crippen LogP contribution in [-0.2, 0) is 12.0 Å². The lowest BCUT2D eigenvalue weighted by Gasteiger charge is -2.17. The molecule has 1 saturated carbocycles. The van der Waals surface area contributed by atoms with Gasteiger partial charge in [-0.2, -0.15) is 4.98 Å². The fraction of sp³-hybridized carbons (Fsp3) is 0.353. The Hall–Kier alpha value is -1.76. The average Bonchev–Trinajstić information content (AvgIpc) is 3.30. The summed E-state index contributed by atoms with van der Waals surface area (Å²) in [4.78, 5) is 9.16. The van der Waals surface area contributed by atoms with Crippen LogP contribution in [0.2, 0.25) is 0 Å². The van der Waals surface area contributed by atoms with Gasteiger partial charge in [0.2, 0.25) is 5.89 Å². The van der Waals surface area contributed by atoms with Gasteiger partial charge < -0.3 is 10.3 Å². The Morgan fingerprint density at radius 3 is 2.62 bits per heavy atom. The molecule has 0 amide bonds. The number of nitrogens with two attached hydrogens (primary N) is 1. The molecule has 2 heterocycles. The summed E-state index contributed by atoms with van der Waals surface area (Å²) >= 11 is 1.63. The molecule has 0 bridgehead atoms. The van der Waals surface area contributed by atoms with E-state index >= 15 is 0 Å². The van der Waals surface area contributed by atoms with E-state index in [-0.39, 0.29) is 12.4 Å². The van der Waals surface area contributed by atoms with Crippen LogP contribution in [0.5, 0.6) is 0 Å². The molecule has 1 aliphatic rings. The van der Waals surface area contributed by atoms with Crippen LogP contribution in [0.4, 0.5) is 0 Å². The third-order valence-electron chi connectivity index (χ3n) is 4.31. The average molecular weight is 363 g/mol. The first kappa shape index (κ1) is 17.1. The fourth-order valence-electron chi connectivity index (χ4n) is 3.01. The second kappa shape index (κ2) is 7.01. The van der Waals surface area contributed by atoms with Crippen molar-refractivity contribution in [2.75, 3.05) is 0 Å². The van der Waals surface area contributed by atoms with E-state index in [1.165, 1.54) is 0 Å². The zero-order valence-corrected chi connectivity index (χ0v) is 14.8. The SMILES string of the molecule is Cl.NC1(c2noc(Cc3csc(-c4ccccc4)n3)n2)CCCC1. The summed E-state index contributed by atoms with van der Waals surface area (Å²) in [6.07, 6.45) is 4.67. The zero-order chi connectivity index (χ0) is 15.7. The molecule has 7 heteroatoms. The minimum absolute atomic E-state index is 0. The number of hydrogen-bond acceptors (Lipinski definition) is 6. The summed E-state index contributed by atoms with van der Waals surface area (Å²) in [5, 5.41) is 7.14. The van der Waals surface area contributed by atoms with Crippen molar-refractivity contribution >= 4 is 23.7 Å². The van der Waals surface area contributed by atoms with Gasteiger partial charge in [0.05, 0.1) is 17.7 Å². The van der Waals surface area contributed by atoms with Crippen LogP contribution in [0.3, 0.4) is 0 Å². The first-order valence-electron chi connectivity index (χ1n) is 7.85. The van der Waals surface area contributed by atoms with E-state index < -0.39 is 5.54 Å². The van der Waals surface area contributed by atoms with Crippen LogP contribution in [0.25, 0.3) is 10.6 Å². The summed E-state index contributed by atoms with van der Waals surface area (Å²) in [5.41, 5.74) is 8.04. The molecule has 3 aromatic rings. The van der Waals surface area contributed by atoms with E-state index in [1.54, 1.807) is 11.3 Å². The van der Waals surface area contributed by atoms with Gasteiger partial charge in [0.15, 0.2) is 5.82 Å². The van der Waals surface area contributed by atoms with Gasteiger partial charge in [0.1, 0.15) is 5.01 Å². The maximum atomic E-state index is 6.37. The molecule has 1 fully saturated rings. The highest BCUT2D eigenvalue weighted by Gasteiger charge is 2.35. The van der Waals surface area contributed by atoms with E-state index in [9.17, 15) is 0 Å². The maximum absolute atomic E-state index is 6.37. The fourth-order valence-corrected chi connectivity index (χ4v) is 3.84. The highest BCUT2D eigenvalue weighted by molar-refractivity contribution is 7.13. The number of thiazole rings is 1. The van der Waals surface area contributed by atoms with E-state index in [0.717, 1.165) is 41.9 Å². The van der Waals surface area contributed by atoms with Crippen LogP contribution in [-0.4, -0.2) is 15.1 Å². The first-order valence-corrected chi connectivity index (χ1v) is 8.73. The first-order chi connectivity index (χ1) is 11.2.